The van der Waals surface area contributed by atoms with E-state index in [-0.39, 0.29) is 16.7 Å². The zero-order chi connectivity index (χ0) is 12.3. The van der Waals surface area contributed by atoms with E-state index in [9.17, 15) is 10.1 Å². The molecule has 6 nitrogen and oxygen atoms in total. The Bertz CT molecular complexity index is 416. The van der Waals surface area contributed by atoms with Crippen LogP contribution in [0, 0.1) is 17.0 Å². The van der Waals surface area contributed by atoms with Crippen LogP contribution in [-0.2, 0) is 4.74 Å². The lowest BCUT2D eigenvalue weighted by Crippen LogP contribution is -2.28. The fraction of sp³-hybridized carbons (Fsp3) is 0.545. The Morgan fingerprint density at radius 1 is 1.53 bits per heavy atom. The molecule has 0 radical (unpaired) electrons. The van der Waals surface area contributed by atoms with Gasteiger partial charge in [-0.25, -0.2) is 4.98 Å². The number of hydrogen-bond donors (Lipinski definition) is 1. The van der Waals surface area contributed by atoms with Crippen LogP contribution in [0.5, 0.6) is 0 Å². The number of aryl methyl sites for hydroxylation is 1. The predicted molar refractivity (Wildman–Crippen MR) is 63.1 cm³/mol. The summed E-state index contributed by atoms with van der Waals surface area (Å²) in [6, 6.07) is 1.85. The summed E-state index contributed by atoms with van der Waals surface area (Å²) >= 11 is 0. The number of nitro groups is 1. The predicted octanol–water partition coefficient (Wildman–Crippen LogP) is 1.89. The molecule has 2 rings (SSSR count). The molecule has 92 valence electrons. The van der Waals surface area contributed by atoms with Crippen molar-refractivity contribution in [3.8, 4) is 0 Å². The fourth-order valence-electron chi connectivity index (χ4n) is 1.92. The summed E-state index contributed by atoms with van der Waals surface area (Å²) in [5, 5.41) is 14.1. The molecule has 1 aliphatic heterocycles. The number of rotatable bonds is 3. The average molecular weight is 237 g/mol. The van der Waals surface area contributed by atoms with E-state index >= 15 is 0 Å². The van der Waals surface area contributed by atoms with Crippen molar-refractivity contribution in [3.05, 3.63) is 27.9 Å². The van der Waals surface area contributed by atoms with Crippen LogP contribution in [0.15, 0.2) is 12.3 Å². The zero-order valence-electron chi connectivity index (χ0n) is 9.68. The lowest BCUT2D eigenvalue weighted by Gasteiger charge is -2.23. The van der Waals surface area contributed by atoms with E-state index in [0.29, 0.717) is 24.6 Å². The van der Waals surface area contributed by atoms with Crippen LogP contribution in [0.25, 0.3) is 0 Å². The van der Waals surface area contributed by atoms with E-state index in [1.807, 2.05) is 0 Å². The van der Waals surface area contributed by atoms with Crippen LogP contribution in [0.2, 0.25) is 0 Å². The van der Waals surface area contributed by atoms with E-state index in [2.05, 4.69) is 10.3 Å². The molecule has 0 aliphatic carbocycles. The van der Waals surface area contributed by atoms with Gasteiger partial charge in [-0.2, -0.15) is 0 Å². The van der Waals surface area contributed by atoms with Gasteiger partial charge in [0.2, 0.25) is 5.82 Å². The second-order valence-electron chi connectivity index (χ2n) is 4.11. The van der Waals surface area contributed by atoms with E-state index in [0.717, 1.165) is 12.8 Å². The summed E-state index contributed by atoms with van der Waals surface area (Å²) in [6.45, 7) is 3.10. The maximum atomic E-state index is 11.0. The van der Waals surface area contributed by atoms with Gasteiger partial charge in [0.15, 0.2) is 0 Å². The Balaban J connectivity index is 2.19. The average Bonchev–Trinajstić information content (AvgIpc) is 2.30. The number of ether oxygens (including phenoxy) is 1. The van der Waals surface area contributed by atoms with Gasteiger partial charge >= 0.3 is 5.69 Å². The first-order valence-electron chi connectivity index (χ1n) is 5.63. The normalized spacial score (nSPS) is 16.8. The molecule has 1 N–H and O–H groups in total. The smallest absolute Gasteiger partial charge is 0.314 e. The van der Waals surface area contributed by atoms with Crippen LogP contribution in [0.4, 0.5) is 11.5 Å². The summed E-state index contributed by atoms with van der Waals surface area (Å²) < 4.78 is 5.24. The van der Waals surface area contributed by atoms with Crippen molar-refractivity contribution < 1.29 is 9.66 Å². The Hall–Kier alpha value is -1.69. The molecule has 0 unspecified atom stereocenters. The molecule has 1 saturated heterocycles. The van der Waals surface area contributed by atoms with E-state index in [4.69, 9.17) is 4.74 Å². The summed E-state index contributed by atoms with van der Waals surface area (Å²) in [4.78, 5) is 14.7. The quantitative estimate of drug-likeness (QED) is 0.641. The molecular weight excluding hydrogens is 222 g/mol. The molecule has 1 fully saturated rings. The van der Waals surface area contributed by atoms with Gasteiger partial charge in [0.05, 0.1) is 4.92 Å². The Labute approximate surface area is 99.2 Å². The molecule has 1 aromatic rings. The maximum Gasteiger partial charge on any atom is 0.314 e. The molecule has 0 bridgehead atoms. The molecule has 1 aromatic heterocycles. The summed E-state index contributed by atoms with van der Waals surface area (Å²) in [5.74, 6) is 0.363. The Morgan fingerprint density at radius 2 is 2.24 bits per heavy atom. The van der Waals surface area contributed by atoms with Crippen LogP contribution in [-0.4, -0.2) is 29.2 Å². The van der Waals surface area contributed by atoms with Gasteiger partial charge in [-0.15, -0.1) is 0 Å². The first kappa shape index (κ1) is 11.8. The minimum absolute atomic E-state index is 0.0685. The number of anilines is 1. The molecule has 0 aromatic carbocycles. The third-order valence-corrected chi connectivity index (χ3v) is 2.87. The number of pyridine rings is 1. The van der Waals surface area contributed by atoms with Gasteiger partial charge in [-0.3, -0.25) is 10.1 Å². The van der Waals surface area contributed by atoms with Crippen molar-refractivity contribution in [2.45, 2.75) is 25.8 Å². The molecule has 0 saturated carbocycles. The molecule has 0 atom stereocenters. The van der Waals surface area contributed by atoms with Gasteiger partial charge in [0.1, 0.15) is 0 Å². The monoisotopic (exact) mass is 237 g/mol. The lowest BCUT2D eigenvalue weighted by atomic mass is 10.1. The van der Waals surface area contributed by atoms with Crippen LogP contribution in [0.1, 0.15) is 18.4 Å². The molecule has 0 amide bonds. The molecule has 2 heterocycles. The Kier molecular flexibility index (Phi) is 3.53. The standard InChI is InChI=1S/C11H15N3O3/c1-8-2-5-12-11(10(8)14(15)16)13-9-3-6-17-7-4-9/h2,5,9H,3-4,6-7H2,1H3,(H,12,13). The minimum Gasteiger partial charge on any atom is -0.381 e. The first-order valence-corrected chi connectivity index (χ1v) is 5.63. The second kappa shape index (κ2) is 5.09. The van der Waals surface area contributed by atoms with Crippen molar-refractivity contribution >= 4 is 11.5 Å². The largest absolute Gasteiger partial charge is 0.381 e. The lowest BCUT2D eigenvalue weighted by molar-refractivity contribution is -0.384. The zero-order valence-corrected chi connectivity index (χ0v) is 9.68. The third kappa shape index (κ3) is 2.71. The molecule has 17 heavy (non-hydrogen) atoms. The highest BCUT2D eigenvalue weighted by molar-refractivity contribution is 5.60. The van der Waals surface area contributed by atoms with Gasteiger partial charge in [-0.05, 0) is 25.8 Å². The van der Waals surface area contributed by atoms with Crippen molar-refractivity contribution in [2.75, 3.05) is 18.5 Å². The second-order valence-corrected chi connectivity index (χ2v) is 4.11. The third-order valence-electron chi connectivity index (χ3n) is 2.87. The fourth-order valence-corrected chi connectivity index (χ4v) is 1.92. The SMILES string of the molecule is Cc1ccnc(NC2CCOCC2)c1[N+](=O)[O-]. The first-order chi connectivity index (χ1) is 8.18. The highest BCUT2D eigenvalue weighted by Crippen LogP contribution is 2.27. The highest BCUT2D eigenvalue weighted by atomic mass is 16.6. The molecular formula is C11H15N3O3. The number of nitrogens with one attached hydrogen (secondary N) is 1. The van der Waals surface area contributed by atoms with Crippen molar-refractivity contribution in [3.63, 3.8) is 0 Å². The minimum atomic E-state index is -0.385. The summed E-state index contributed by atoms with van der Waals surface area (Å²) in [7, 11) is 0. The van der Waals surface area contributed by atoms with Crippen LogP contribution >= 0.6 is 0 Å². The van der Waals surface area contributed by atoms with Crippen LogP contribution < -0.4 is 5.32 Å². The van der Waals surface area contributed by atoms with E-state index in [1.54, 1.807) is 19.2 Å². The van der Waals surface area contributed by atoms with Crippen LogP contribution in [0.3, 0.4) is 0 Å². The summed E-state index contributed by atoms with van der Waals surface area (Å²) in [5.41, 5.74) is 0.693. The van der Waals surface area contributed by atoms with E-state index < -0.39 is 0 Å². The number of nitrogens with zero attached hydrogens (tertiary/aromatic N) is 2. The van der Waals surface area contributed by atoms with Gasteiger partial charge in [0.25, 0.3) is 0 Å². The Morgan fingerprint density at radius 3 is 2.88 bits per heavy atom. The van der Waals surface area contributed by atoms with Gasteiger partial charge < -0.3 is 10.1 Å². The molecule has 0 spiro atoms. The van der Waals surface area contributed by atoms with Gasteiger partial charge in [0, 0.05) is 31.0 Å². The molecule has 6 heteroatoms. The summed E-state index contributed by atoms with van der Waals surface area (Å²) in [6.07, 6.45) is 3.30. The van der Waals surface area contributed by atoms with Crippen molar-refractivity contribution in [1.29, 1.82) is 0 Å². The molecule has 1 aliphatic rings. The van der Waals surface area contributed by atoms with Gasteiger partial charge in [-0.1, -0.05) is 0 Å². The highest BCUT2D eigenvalue weighted by Gasteiger charge is 2.22. The van der Waals surface area contributed by atoms with Crippen molar-refractivity contribution in [2.24, 2.45) is 0 Å². The van der Waals surface area contributed by atoms with E-state index in [1.165, 1.54) is 0 Å². The number of aromatic nitrogens is 1. The van der Waals surface area contributed by atoms with Crippen molar-refractivity contribution in [1.82, 2.24) is 4.98 Å². The number of hydrogen-bond acceptors (Lipinski definition) is 5. The topological polar surface area (TPSA) is 77.3 Å². The maximum absolute atomic E-state index is 11.0.